The van der Waals surface area contributed by atoms with Crippen molar-refractivity contribution in [1.29, 1.82) is 0 Å². The molecule has 0 aliphatic heterocycles. The van der Waals surface area contributed by atoms with E-state index in [1.54, 1.807) is 6.07 Å². The summed E-state index contributed by atoms with van der Waals surface area (Å²) in [6.07, 6.45) is 2.67. The fourth-order valence-electron chi connectivity index (χ4n) is 1.91. The Kier molecular flexibility index (Phi) is 4.74. The molecule has 0 heterocycles. The highest BCUT2D eigenvalue weighted by molar-refractivity contribution is 5.45. The van der Waals surface area contributed by atoms with Gasteiger partial charge >= 0.3 is 0 Å². The SMILES string of the molecule is CCCC(CC)(CO)Nc1cccc(F)c1. The van der Waals surface area contributed by atoms with Gasteiger partial charge in [-0.3, -0.25) is 0 Å². The highest BCUT2D eigenvalue weighted by atomic mass is 19.1. The normalized spacial score (nSPS) is 14.5. The molecule has 0 bridgehead atoms. The van der Waals surface area contributed by atoms with E-state index >= 15 is 0 Å². The third kappa shape index (κ3) is 3.20. The van der Waals surface area contributed by atoms with Crippen molar-refractivity contribution in [1.82, 2.24) is 0 Å². The molecule has 0 amide bonds. The number of hydrogen-bond acceptors (Lipinski definition) is 2. The number of rotatable bonds is 6. The van der Waals surface area contributed by atoms with Crippen molar-refractivity contribution in [2.45, 2.75) is 38.6 Å². The first kappa shape index (κ1) is 13.0. The number of hydrogen-bond donors (Lipinski definition) is 2. The third-order valence-corrected chi connectivity index (χ3v) is 2.94. The molecule has 0 saturated carbocycles. The molecule has 0 aliphatic rings. The molecule has 0 radical (unpaired) electrons. The fourth-order valence-corrected chi connectivity index (χ4v) is 1.91. The van der Waals surface area contributed by atoms with Gasteiger partial charge in [0.15, 0.2) is 0 Å². The van der Waals surface area contributed by atoms with Crippen molar-refractivity contribution < 1.29 is 9.50 Å². The van der Waals surface area contributed by atoms with Gasteiger partial charge in [0, 0.05) is 5.69 Å². The molecular formula is C13H20FNO. The summed E-state index contributed by atoms with van der Waals surface area (Å²) >= 11 is 0. The summed E-state index contributed by atoms with van der Waals surface area (Å²) in [6.45, 7) is 4.17. The molecule has 0 aromatic heterocycles. The molecule has 16 heavy (non-hydrogen) atoms. The van der Waals surface area contributed by atoms with Gasteiger partial charge in [0.1, 0.15) is 5.82 Å². The van der Waals surface area contributed by atoms with Gasteiger partial charge in [-0.25, -0.2) is 4.39 Å². The molecule has 0 saturated heterocycles. The Bertz CT molecular complexity index is 323. The predicted octanol–water partition coefficient (Wildman–Crippen LogP) is 3.18. The van der Waals surface area contributed by atoms with E-state index in [4.69, 9.17) is 0 Å². The zero-order valence-corrected chi connectivity index (χ0v) is 9.96. The minimum atomic E-state index is -0.331. The van der Waals surface area contributed by atoms with Crippen molar-refractivity contribution in [3.8, 4) is 0 Å². The van der Waals surface area contributed by atoms with Crippen LogP contribution in [0.2, 0.25) is 0 Å². The molecule has 1 atom stereocenters. The van der Waals surface area contributed by atoms with Gasteiger partial charge in [0.25, 0.3) is 0 Å². The van der Waals surface area contributed by atoms with Crippen LogP contribution in [0.4, 0.5) is 10.1 Å². The second-order valence-corrected chi connectivity index (χ2v) is 4.18. The van der Waals surface area contributed by atoms with Gasteiger partial charge in [0.05, 0.1) is 12.1 Å². The van der Waals surface area contributed by atoms with E-state index in [-0.39, 0.29) is 18.0 Å². The first-order valence-electron chi connectivity index (χ1n) is 5.80. The minimum Gasteiger partial charge on any atom is -0.394 e. The summed E-state index contributed by atoms with van der Waals surface area (Å²) in [5.41, 5.74) is 0.395. The van der Waals surface area contributed by atoms with Crippen molar-refractivity contribution in [3.05, 3.63) is 30.1 Å². The summed E-state index contributed by atoms with van der Waals surface area (Å²) < 4.78 is 13.0. The third-order valence-electron chi connectivity index (χ3n) is 2.94. The van der Waals surface area contributed by atoms with Gasteiger partial charge in [-0.05, 0) is 31.0 Å². The molecular weight excluding hydrogens is 205 g/mol. The Morgan fingerprint density at radius 3 is 2.62 bits per heavy atom. The van der Waals surface area contributed by atoms with Gasteiger partial charge in [-0.15, -0.1) is 0 Å². The number of aliphatic hydroxyl groups excluding tert-OH is 1. The topological polar surface area (TPSA) is 32.3 Å². The van der Waals surface area contributed by atoms with Gasteiger partial charge in [-0.2, -0.15) is 0 Å². The standard InChI is InChI=1S/C13H20FNO/c1-3-8-13(4-2,10-16)15-12-7-5-6-11(14)9-12/h5-7,9,15-16H,3-4,8,10H2,1-2H3. The average molecular weight is 225 g/mol. The first-order valence-corrected chi connectivity index (χ1v) is 5.80. The number of nitrogens with one attached hydrogen (secondary N) is 1. The van der Waals surface area contributed by atoms with Crippen LogP contribution in [0.15, 0.2) is 24.3 Å². The quantitative estimate of drug-likeness (QED) is 0.779. The van der Waals surface area contributed by atoms with Crippen LogP contribution in [0.25, 0.3) is 0 Å². The maximum Gasteiger partial charge on any atom is 0.125 e. The lowest BCUT2D eigenvalue weighted by Crippen LogP contribution is -2.41. The summed E-state index contributed by atoms with van der Waals surface area (Å²) in [4.78, 5) is 0. The van der Waals surface area contributed by atoms with Crippen LogP contribution in [0, 0.1) is 5.82 Å². The zero-order valence-electron chi connectivity index (χ0n) is 9.96. The maximum absolute atomic E-state index is 13.0. The molecule has 0 fully saturated rings. The lowest BCUT2D eigenvalue weighted by atomic mass is 9.91. The molecule has 1 unspecified atom stereocenters. The molecule has 1 aromatic rings. The largest absolute Gasteiger partial charge is 0.394 e. The van der Waals surface area contributed by atoms with E-state index in [1.165, 1.54) is 12.1 Å². The summed E-state index contributed by atoms with van der Waals surface area (Å²) in [5, 5.41) is 12.7. The maximum atomic E-state index is 13.0. The molecule has 0 aliphatic carbocycles. The average Bonchev–Trinajstić information content (AvgIpc) is 2.28. The van der Waals surface area contributed by atoms with Crippen LogP contribution in [0.3, 0.4) is 0 Å². The van der Waals surface area contributed by atoms with E-state index in [9.17, 15) is 9.50 Å². The van der Waals surface area contributed by atoms with Gasteiger partial charge in [0.2, 0.25) is 0 Å². The highest BCUT2D eigenvalue weighted by Crippen LogP contribution is 2.23. The first-order chi connectivity index (χ1) is 7.65. The van der Waals surface area contributed by atoms with Crippen LogP contribution >= 0.6 is 0 Å². The number of halogens is 1. The fraction of sp³-hybridized carbons (Fsp3) is 0.538. The molecule has 1 aromatic carbocycles. The van der Waals surface area contributed by atoms with E-state index in [2.05, 4.69) is 12.2 Å². The van der Waals surface area contributed by atoms with E-state index < -0.39 is 0 Å². The lowest BCUT2D eigenvalue weighted by molar-refractivity contribution is 0.197. The van der Waals surface area contributed by atoms with Crippen LogP contribution < -0.4 is 5.32 Å². The second-order valence-electron chi connectivity index (χ2n) is 4.18. The molecule has 2 N–H and O–H groups in total. The van der Waals surface area contributed by atoms with Crippen LogP contribution in [0.1, 0.15) is 33.1 Å². The van der Waals surface area contributed by atoms with Crippen molar-refractivity contribution in [2.75, 3.05) is 11.9 Å². The van der Waals surface area contributed by atoms with Crippen LogP contribution in [-0.4, -0.2) is 17.3 Å². The van der Waals surface area contributed by atoms with Gasteiger partial charge in [-0.1, -0.05) is 26.3 Å². The number of aliphatic hydroxyl groups is 1. The second kappa shape index (κ2) is 5.85. The van der Waals surface area contributed by atoms with Crippen LogP contribution in [0.5, 0.6) is 0 Å². The predicted molar refractivity (Wildman–Crippen MR) is 65.0 cm³/mol. The van der Waals surface area contributed by atoms with Gasteiger partial charge < -0.3 is 10.4 Å². The number of anilines is 1. The summed E-state index contributed by atoms with van der Waals surface area (Å²) in [6, 6.07) is 6.35. The van der Waals surface area contributed by atoms with Crippen molar-refractivity contribution in [2.24, 2.45) is 0 Å². The van der Waals surface area contributed by atoms with Crippen molar-refractivity contribution >= 4 is 5.69 Å². The monoisotopic (exact) mass is 225 g/mol. The smallest absolute Gasteiger partial charge is 0.125 e. The molecule has 1 rings (SSSR count). The van der Waals surface area contributed by atoms with E-state index in [0.717, 1.165) is 24.9 Å². The van der Waals surface area contributed by atoms with Crippen LogP contribution in [-0.2, 0) is 0 Å². The lowest BCUT2D eigenvalue weighted by Gasteiger charge is -2.33. The zero-order chi connectivity index (χ0) is 12.0. The Hall–Kier alpha value is -1.09. The van der Waals surface area contributed by atoms with E-state index in [1.807, 2.05) is 13.0 Å². The Balaban J connectivity index is 2.82. The Morgan fingerprint density at radius 1 is 1.38 bits per heavy atom. The minimum absolute atomic E-state index is 0.0633. The molecule has 3 heteroatoms. The summed E-state index contributed by atoms with van der Waals surface area (Å²) in [5.74, 6) is -0.260. The van der Waals surface area contributed by atoms with Crippen molar-refractivity contribution in [3.63, 3.8) is 0 Å². The summed E-state index contributed by atoms with van der Waals surface area (Å²) in [7, 11) is 0. The molecule has 90 valence electrons. The molecule has 0 spiro atoms. The van der Waals surface area contributed by atoms with E-state index in [0.29, 0.717) is 0 Å². The number of benzene rings is 1. The molecule has 2 nitrogen and oxygen atoms in total. The highest BCUT2D eigenvalue weighted by Gasteiger charge is 2.25. The Morgan fingerprint density at radius 2 is 2.12 bits per heavy atom. The Labute approximate surface area is 96.5 Å².